The van der Waals surface area contributed by atoms with Gasteiger partial charge < -0.3 is 15.2 Å². The molecular weight excluding hydrogens is 302 g/mol. The van der Waals surface area contributed by atoms with Crippen LogP contribution in [0.1, 0.15) is 29.8 Å². The minimum Gasteiger partial charge on any atom is -0.491 e. The molecule has 0 radical (unpaired) electrons. The van der Waals surface area contributed by atoms with Crippen LogP contribution in [0.25, 0.3) is 0 Å². The highest BCUT2D eigenvalue weighted by Gasteiger charge is 2.34. The van der Waals surface area contributed by atoms with Gasteiger partial charge >= 0.3 is 12.1 Å². The Bertz CT molecular complexity index is 539. The molecule has 18 heavy (non-hydrogen) atoms. The number of halogens is 1. The number of carbonyl (C=O) groups is 2. The lowest BCUT2D eigenvalue weighted by molar-refractivity contribution is 0.0638. The molecule has 2 N–H and O–H groups in total. The Morgan fingerprint density at radius 3 is 2.72 bits per heavy atom. The summed E-state index contributed by atoms with van der Waals surface area (Å²) < 4.78 is 10.6. The lowest BCUT2D eigenvalue weighted by atomic mass is 9.86. The van der Waals surface area contributed by atoms with Gasteiger partial charge in [0, 0.05) is 11.0 Å². The van der Waals surface area contributed by atoms with Gasteiger partial charge in [-0.2, -0.15) is 0 Å². The molecule has 1 aliphatic rings. The average molecular weight is 314 g/mol. The third-order valence-electron chi connectivity index (χ3n) is 2.78. The van der Waals surface area contributed by atoms with Crippen molar-refractivity contribution in [3.05, 3.63) is 27.7 Å². The number of amides is 1. The molecule has 0 bridgehead atoms. The van der Waals surface area contributed by atoms with Crippen LogP contribution < -0.4 is 10.5 Å². The first-order chi connectivity index (χ1) is 8.31. The normalized spacial score (nSPS) is 15.7. The molecule has 0 saturated carbocycles. The van der Waals surface area contributed by atoms with Crippen molar-refractivity contribution in [2.45, 2.75) is 19.3 Å². The number of fused-ring (bicyclic) bond motifs is 1. The molecule has 0 saturated heterocycles. The molecule has 5 nitrogen and oxygen atoms in total. The van der Waals surface area contributed by atoms with Gasteiger partial charge in [-0.05, 0) is 28.1 Å². The third-order valence-corrected chi connectivity index (χ3v) is 3.37. The first-order valence-corrected chi connectivity index (χ1v) is 6.09. The number of esters is 1. The van der Waals surface area contributed by atoms with E-state index in [-0.39, 0.29) is 11.0 Å². The molecule has 1 aromatic carbocycles. The summed E-state index contributed by atoms with van der Waals surface area (Å²) >= 11 is 3.34. The fraction of sp³-hybridized carbons (Fsp3) is 0.333. The standard InChI is InChI=1S/C12H12BrNO4/c1-12(2)5-17-9-7(12)3-6(4-8(9)13)10(15)18-11(14)16/h3-4H,5H2,1-2H3,(H2,14,16). The summed E-state index contributed by atoms with van der Waals surface area (Å²) in [7, 11) is 0. The SMILES string of the molecule is CC1(C)COc2c(Br)cc(C(=O)OC(N)=O)cc21. The Balaban J connectivity index is 2.45. The van der Waals surface area contributed by atoms with Gasteiger partial charge in [-0.1, -0.05) is 13.8 Å². The zero-order valence-corrected chi connectivity index (χ0v) is 11.5. The fourth-order valence-electron chi connectivity index (χ4n) is 1.84. The van der Waals surface area contributed by atoms with Crippen LogP contribution in [0.3, 0.4) is 0 Å². The number of benzene rings is 1. The Morgan fingerprint density at radius 1 is 1.44 bits per heavy atom. The van der Waals surface area contributed by atoms with Crippen LogP contribution >= 0.6 is 15.9 Å². The van der Waals surface area contributed by atoms with E-state index < -0.39 is 12.1 Å². The minimum absolute atomic E-state index is 0.194. The van der Waals surface area contributed by atoms with Crippen LogP contribution in [-0.4, -0.2) is 18.7 Å². The quantitative estimate of drug-likeness (QED) is 0.637. The van der Waals surface area contributed by atoms with Crippen LogP contribution in [0.15, 0.2) is 16.6 Å². The zero-order valence-electron chi connectivity index (χ0n) is 9.95. The van der Waals surface area contributed by atoms with Gasteiger partial charge in [0.1, 0.15) is 5.75 Å². The van der Waals surface area contributed by atoms with Crippen LogP contribution in [0.5, 0.6) is 5.75 Å². The van der Waals surface area contributed by atoms with E-state index in [2.05, 4.69) is 20.7 Å². The van der Waals surface area contributed by atoms with Crippen molar-refractivity contribution < 1.29 is 19.1 Å². The molecule has 1 aliphatic heterocycles. The van der Waals surface area contributed by atoms with Crippen molar-refractivity contribution in [2.24, 2.45) is 5.73 Å². The van der Waals surface area contributed by atoms with Gasteiger partial charge in [-0.25, -0.2) is 9.59 Å². The van der Waals surface area contributed by atoms with Crippen LogP contribution in [0.2, 0.25) is 0 Å². The van der Waals surface area contributed by atoms with Crippen LogP contribution in [0, 0.1) is 0 Å². The van der Waals surface area contributed by atoms with Crippen molar-refractivity contribution in [3.63, 3.8) is 0 Å². The van der Waals surface area contributed by atoms with E-state index in [9.17, 15) is 9.59 Å². The summed E-state index contributed by atoms with van der Waals surface area (Å²) in [6.45, 7) is 4.55. The van der Waals surface area contributed by atoms with Crippen molar-refractivity contribution >= 4 is 28.0 Å². The van der Waals surface area contributed by atoms with Crippen molar-refractivity contribution in [2.75, 3.05) is 6.61 Å². The molecule has 0 atom stereocenters. The minimum atomic E-state index is -1.12. The van der Waals surface area contributed by atoms with Gasteiger partial charge in [0.25, 0.3) is 0 Å². The lowest BCUT2D eigenvalue weighted by Gasteiger charge is -2.15. The maximum Gasteiger partial charge on any atom is 0.412 e. The zero-order chi connectivity index (χ0) is 13.5. The van der Waals surface area contributed by atoms with Crippen LogP contribution in [-0.2, 0) is 10.2 Å². The van der Waals surface area contributed by atoms with E-state index in [4.69, 9.17) is 10.5 Å². The Labute approximate surface area is 112 Å². The van der Waals surface area contributed by atoms with Gasteiger partial charge in [-0.15, -0.1) is 0 Å². The van der Waals surface area contributed by atoms with Gasteiger partial charge in [-0.3, -0.25) is 0 Å². The van der Waals surface area contributed by atoms with Gasteiger partial charge in [0.2, 0.25) is 0 Å². The van der Waals surface area contributed by atoms with Crippen LogP contribution in [0.4, 0.5) is 4.79 Å². The lowest BCUT2D eigenvalue weighted by Crippen LogP contribution is -2.20. The second kappa shape index (κ2) is 4.28. The molecule has 1 heterocycles. The first-order valence-electron chi connectivity index (χ1n) is 5.30. The molecule has 2 rings (SSSR count). The molecule has 6 heteroatoms. The summed E-state index contributed by atoms with van der Waals surface area (Å²) in [4.78, 5) is 22.2. The van der Waals surface area contributed by atoms with E-state index in [1.54, 1.807) is 12.1 Å². The Kier molecular flexibility index (Phi) is 3.06. The van der Waals surface area contributed by atoms with E-state index in [1.807, 2.05) is 13.8 Å². The highest BCUT2D eigenvalue weighted by molar-refractivity contribution is 9.10. The maximum atomic E-state index is 11.6. The molecule has 0 aliphatic carbocycles. The smallest absolute Gasteiger partial charge is 0.412 e. The average Bonchev–Trinajstić information content (AvgIpc) is 2.54. The molecule has 1 amide bonds. The monoisotopic (exact) mass is 313 g/mol. The summed E-state index contributed by atoms with van der Waals surface area (Å²) in [6, 6.07) is 3.21. The van der Waals surface area contributed by atoms with Gasteiger partial charge in [0.05, 0.1) is 16.6 Å². The first kappa shape index (κ1) is 12.9. The summed E-state index contributed by atoms with van der Waals surface area (Å²) in [6.07, 6.45) is -1.12. The Morgan fingerprint density at radius 2 is 2.11 bits per heavy atom. The van der Waals surface area contributed by atoms with E-state index in [0.717, 1.165) is 11.3 Å². The van der Waals surface area contributed by atoms with Crippen molar-refractivity contribution in [3.8, 4) is 5.75 Å². The predicted octanol–water partition coefficient (Wildman–Crippen LogP) is 2.35. The molecule has 0 unspecified atom stereocenters. The molecule has 1 aromatic rings. The number of hydrogen-bond donors (Lipinski definition) is 1. The Hall–Kier alpha value is -1.56. The number of primary amides is 1. The topological polar surface area (TPSA) is 78.6 Å². The predicted molar refractivity (Wildman–Crippen MR) is 67.7 cm³/mol. The number of nitrogens with two attached hydrogens (primary N) is 1. The molecule has 0 fully saturated rings. The number of rotatable bonds is 1. The largest absolute Gasteiger partial charge is 0.491 e. The highest BCUT2D eigenvalue weighted by atomic mass is 79.9. The maximum absolute atomic E-state index is 11.6. The fourth-order valence-corrected chi connectivity index (χ4v) is 2.42. The van der Waals surface area contributed by atoms with Gasteiger partial charge in [0.15, 0.2) is 0 Å². The summed E-state index contributed by atoms with van der Waals surface area (Å²) in [5.41, 5.74) is 5.78. The molecule has 96 valence electrons. The number of ether oxygens (including phenoxy) is 2. The van der Waals surface area contributed by atoms with E-state index in [1.165, 1.54) is 0 Å². The highest BCUT2D eigenvalue weighted by Crippen LogP contribution is 2.43. The number of carbonyl (C=O) groups excluding carboxylic acids is 2. The van der Waals surface area contributed by atoms with Crippen molar-refractivity contribution in [1.29, 1.82) is 0 Å². The summed E-state index contributed by atoms with van der Waals surface area (Å²) in [5, 5.41) is 0. The second-order valence-electron chi connectivity index (χ2n) is 4.72. The summed E-state index contributed by atoms with van der Waals surface area (Å²) in [5.74, 6) is -0.0516. The molecular formula is C12H12BrNO4. The molecule has 0 aromatic heterocycles. The molecule has 0 spiro atoms. The third kappa shape index (κ3) is 2.20. The second-order valence-corrected chi connectivity index (χ2v) is 5.57. The van der Waals surface area contributed by atoms with Crippen molar-refractivity contribution in [1.82, 2.24) is 0 Å². The van der Waals surface area contributed by atoms with E-state index in [0.29, 0.717) is 11.1 Å². The van der Waals surface area contributed by atoms with E-state index >= 15 is 0 Å². The number of hydrogen-bond acceptors (Lipinski definition) is 4.